The van der Waals surface area contributed by atoms with Gasteiger partial charge in [0.1, 0.15) is 0 Å². The number of rotatable bonds is 7. The maximum atomic E-state index is 12.2. The molecule has 20 heavy (non-hydrogen) atoms. The molecule has 0 saturated carbocycles. The standard InChI is InChI=1S/C14H26N4O2/c1-7-18(8-2)13(19)11(4)15-9-12-10(3)16-17(5)14(12)20-6/h11,15H,7-9H2,1-6H3. The number of amides is 1. The lowest BCUT2D eigenvalue weighted by Gasteiger charge is -2.23. The summed E-state index contributed by atoms with van der Waals surface area (Å²) >= 11 is 0. The molecule has 6 nitrogen and oxygen atoms in total. The average Bonchev–Trinajstić information content (AvgIpc) is 2.70. The van der Waals surface area contributed by atoms with Crippen molar-refractivity contribution in [3.63, 3.8) is 0 Å². The number of methoxy groups -OCH3 is 1. The van der Waals surface area contributed by atoms with Crippen molar-refractivity contribution in [2.75, 3.05) is 20.2 Å². The first-order chi connectivity index (χ1) is 9.46. The third kappa shape index (κ3) is 3.50. The largest absolute Gasteiger partial charge is 0.481 e. The monoisotopic (exact) mass is 282 g/mol. The van der Waals surface area contributed by atoms with E-state index in [-0.39, 0.29) is 11.9 Å². The molecule has 0 aliphatic carbocycles. The number of hydrogen-bond donors (Lipinski definition) is 1. The van der Waals surface area contributed by atoms with Gasteiger partial charge in [-0.3, -0.25) is 4.79 Å². The molecule has 0 spiro atoms. The predicted molar refractivity (Wildman–Crippen MR) is 78.7 cm³/mol. The number of carbonyl (C=O) groups is 1. The van der Waals surface area contributed by atoms with Gasteiger partial charge in [-0.15, -0.1) is 0 Å². The number of ether oxygens (including phenoxy) is 1. The molecule has 6 heteroatoms. The first kappa shape index (κ1) is 16.5. The summed E-state index contributed by atoms with van der Waals surface area (Å²) in [6.45, 7) is 9.84. The lowest BCUT2D eigenvalue weighted by atomic mass is 10.2. The fourth-order valence-electron chi connectivity index (χ4n) is 2.29. The van der Waals surface area contributed by atoms with Crippen LogP contribution in [0.15, 0.2) is 0 Å². The van der Waals surface area contributed by atoms with Crippen molar-refractivity contribution < 1.29 is 9.53 Å². The third-order valence-corrected chi connectivity index (χ3v) is 3.51. The third-order valence-electron chi connectivity index (χ3n) is 3.51. The van der Waals surface area contributed by atoms with Gasteiger partial charge in [0.05, 0.1) is 24.4 Å². The van der Waals surface area contributed by atoms with Crippen molar-refractivity contribution in [3.05, 3.63) is 11.3 Å². The van der Waals surface area contributed by atoms with Crippen molar-refractivity contribution in [3.8, 4) is 5.88 Å². The SMILES string of the molecule is CCN(CC)C(=O)C(C)NCc1c(C)nn(C)c1OC. The van der Waals surface area contributed by atoms with E-state index in [0.717, 1.165) is 30.2 Å². The summed E-state index contributed by atoms with van der Waals surface area (Å²) in [7, 11) is 3.48. The van der Waals surface area contributed by atoms with E-state index < -0.39 is 0 Å². The molecule has 0 aromatic carbocycles. The zero-order valence-corrected chi connectivity index (χ0v) is 13.4. The molecule has 114 valence electrons. The molecule has 1 atom stereocenters. The van der Waals surface area contributed by atoms with Crippen molar-refractivity contribution in [1.29, 1.82) is 0 Å². The van der Waals surface area contributed by atoms with Crippen molar-refractivity contribution >= 4 is 5.91 Å². The molecule has 1 heterocycles. The Labute approximate surface area is 121 Å². The molecule has 1 rings (SSSR count). The number of carbonyl (C=O) groups excluding carboxylic acids is 1. The van der Waals surface area contributed by atoms with E-state index >= 15 is 0 Å². The maximum absolute atomic E-state index is 12.2. The van der Waals surface area contributed by atoms with Gasteiger partial charge >= 0.3 is 0 Å². The van der Waals surface area contributed by atoms with E-state index in [1.54, 1.807) is 11.8 Å². The van der Waals surface area contributed by atoms with Crippen molar-refractivity contribution in [2.45, 2.75) is 40.3 Å². The number of aromatic nitrogens is 2. The Balaban J connectivity index is 2.70. The molecule has 1 aromatic heterocycles. The zero-order valence-electron chi connectivity index (χ0n) is 13.4. The van der Waals surface area contributed by atoms with Gasteiger partial charge in [-0.05, 0) is 27.7 Å². The molecule has 1 aromatic rings. The second-order valence-electron chi connectivity index (χ2n) is 4.81. The highest BCUT2D eigenvalue weighted by atomic mass is 16.5. The van der Waals surface area contributed by atoms with E-state index in [2.05, 4.69) is 10.4 Å². The van der Waals surface area contributed by atoms with Crippen LogP contribution in [0, 0.1) is 6.92 Å². The van der Waals surface area contributed by atoms with Gasteiger partial charge < -0.3 is 15.0 Å². The Morgan fingerprint density at radius 1 is 1.45 bits per heavy atom. The van der Waals surface area contributed by atoms with E-state index in [1.807, 2.05) is 39.6 Å². The highest BCUT2D eigenvalue weighted by Gasteiger charge is 2.20. The predicted octanol–water partition coefficient (Wildman–Crippen LogP) is 1.08. The minimum Gasteiger partial charge on any atom is -0.481 e. The van der Waals surface area contributed by atoms with Gasteiger partial charge in [0.2, 0.25) is 11.8 Å². The van der Waals surface area contributed by atoms with Crippen LogP contribution in [-0.4, -0.2) is 46.8 Å². The highest BCUT2D eigenvalue weighted by Crippen LogP contribution is 2.20. The van der Waals surface area contributed by atoms with E-state index in [0.29, 0.717) is 6.54 Å². The smallest absolute Gasteiger partial charge is 0.239 e. The lowest BCUT2D eigenvalue weighted by molar-refractivity contribution is -0.132. The van der Waals surface area contributed by atoms with Crippen LogP contribution >= 0.6 is 0 Å². The first-order valence-electron chi connectivity index (χ1n) is 7.04. The summed E-state index contributed by atoms with van der Waals surface area (Å²) in [4.78, 5) is 14.0. The molecule has 0 aliphatic rings. The zero-order chi connectivity index (χ0) is 15.3. The quantitative estimate of drug-likeness (QED) is 0.813. The summed E-state index contributed by atoms with van der Waals surface area (Å²) in [5, 5.41) is 7.58. The number of likely N-dealkylation sites (N-methyl/N-ethyl adjacent to an activating group) is 1. The molecule has 1 amide bonds. The minimum atomic E-state index is -0.223. The Bertz CT molecular complexity index is 452. The Kier molecular flexibility index (Phi) is 6.01. The lowest BCUT2D eigenvalue weighted by Crippen LogP contribution is -2.44. The number of aryl methyl sites for hydroxylation is 2. The highest BCUT2D eigenvalue weighted by molar-refractivity contribution is 5.81. The molecule has 0 radical (unpaired) electrons. The van der Waals surface area contributed by atoms with Crippen LogP contribution in [0.2, 0.25) is 0 Å². The topological polar surface area (TPSA) is 59.4 Å². The Morgan fingerprint density at radius 3 is 2.55 bits per heavy atom. The van der Waals surface area contributed by atoms with E-state index in [1.165, 1.54) is 0 Å². The molecular weight excluding hydrogens is 256 g/mol. The first-order valence-corrected chi connectivity index (χ1v) is 7.04. The molecule has 0 saturated heterocycles. The molecule has 0 bridgehead atoms. The van der Waals surface area contributed by atoms with Crippen LogP contribution < -0.4 is 10.1 Å². The van der Waals surface area contributed by atoms with E-state index in [9.17, 15) is 4.79 Å². The van der Waals surface area contributed by atoms with E-state index in [4.69, 9.17) is 4.74 Å². The van der Waals surface area contributed by atoms with Gasteiger partial charge in [-0.2, -0.15) is 5.10 Å². The van der Waals surface area contributed by atoms with Gasteiger partial charge in [0.15, 0.2) is 0 Å². The van der Waals surface area contributed by atoms with Crippen LogP contribution in [-0.2, 0) is 18.4 Å². The van der Waals surface area contributed by atoms with Crippen LogP contribution in [0.5, 0.6) is 5.88 Å². The van der Waals surface area contributed by atoms with Gasteiger partial charge in [0.25, 0.3) is 0 Å². The summed E-state index contributed by atoms with van der Waals surface area (Å²) in [6, 6.07) is -0.223. The van der Waals surface area contributed by atoms with Gasteiger partial charge in [0, 0.05) is 26.7 Å². The van der Waals surface area contributed by atoms with Crippen molar-refractivity contribution in [2.24, 2.45) is 7.05 Å². The second kappa shape index (κ2) is 7.28. The average molecular weight is 282 g/mol. The normalized spacial score (nSPS) is 12.3. The van der Waals surface area contributed by atoms with Gasteiger partial charge in [-0.1, -0.05) is 0 Å². The van der Waals surface area contributed by atoms with Crippen LogP contribution in [0.3, 0.4) is 0 Å². The maximum Gasteiger partial charge on any atom is 0.239 e. The summed E-state index contributed by atoms with van der Waals surface area (Å²) in [6.07, 6.45) is 0. The molecule has 1 unspecified atom stereocenters. The summed E-state index contributed by atoms with van der Waals surface area (Å²) in [5.41, 5.74) is 1.91. The number of hydrogen-bond acceptors (Lipinski definition) is 4. The number of nitrogens with one attached hydrogen (secondary N) is 1. The molecule has 0 fully saturated rings. The number of nitrogens with zero attached hydrogens (tertiary/aromatic N) is 3. The molecule has 0 aliphatic heterocycles. The van der Waals surface area contributed by atoms with Crippen LogP contribution in [0.4, 0.5) is 0 Å². The van der Waals surface area contributed by atoms with Crippen LogP contribution in [0.25, 0.3) is 0 Å². The summed E-state index contributed by atoms with van der Waals surface area (Å²) in [5.74, 6) is 0.855. The Morgan fingerprint density at radius 2 is 2.05 bits per heavy atom. The van der Waals surface area contributed by atoms with Crippen molar-refractivity contribution in [1.82, 2.24) is 20.0 Å². The Hall–Kier alpha value is -1.56. The van der Waals surface area contributed by atoms with Crippen LogP contribution in [0.1, 0.15) is 32.0 Å². The molecule has 1 N–H and O–H groups in total. The second-order valence-corrected chi connectivity index (χ2v) is 4.81. The fraction of sp³-hybridized carbons (Fsp3) is 0.714. The summed E-state index contributed by atoms with van der Waals surface area (Å²) < 4.78 is 7.06. The minimum absolute atomic E-state index is 0.121. The molecular formula is C14H26N4O2. The fourth-order valence-corrected chi connectivity index (χ4v) is 2.29. The van der Waals surface area contributed by atoms with Gasteiger partial charge in [-0.25, -0.2) is 4.68 Å².